The lowest BCUT2D eigenvalue weighted by molar-refractivity contribution is -0.385. The second-order valence-electron chi connectivity index (χ2n) is 6.77. The third kappa shape index (κ3) is 3.53. The van der Waals surface area contributed by atoms with E-state index in [0.717, 1.165) is 17.7 Å². The maximum atomic E-state index is 12.9. The van der Waals surface area contributed by atoms with Gasteiger partial charge in [-0.3, -0.25) is 14.9 Å². The molecule has 4 rings (SSSR count). The average molecular weight is 398 g/mol. The normalized spacial score (nSPS) is 16.9. The first-order valence-electron chi connectivity index (χ1n) is 8.94. The molecule has 0 spiro atoms. The number of amides is 1. The molecule has 144 valence electrons. The van der Waals surface area contributed by atoms with E-state index in [4.69, 9.17) is 4.42 Å². The summed E-state index contributed by atoms with van der Waals surface area (Å²) >= 11 is 1.53. The number of hydrogen-bond donors (Lipinski definition) is 0. The van der Waals surface area contributed by atoms with Gasteiger partial charge in [0, 0.05) is 30.3 Å². The lowest BCUT2D eigenvalue weighted by atomic mass is 9.97. The minimum atomic E-state index is -0.463. The molecular formula is C19H18N4O4S. The molecule has 28 heavy (non-hydrogen) atoms. The van der Waals surface area contributed by atoms with E-state index < -0.39 is 4.92 Å². The van der Waals surface area contributed by atoms with Gasteiger partial charge in [0.1, 0.15) is 0 Å². The summed E-state index contributed by atoms with van der Waals surface area (Å²) in [6.45, 7) is 2.71. The largest absolute Gasteiger partial charge is 0.420 e. The van der Waals surface area contributed by atoms with Crippen LogP contribution in [0.15, 0.2) is 40.1 Å². The molecule has 0 bridgehead atoms. The topological polar surface area (TPSA) is 102 Å². The molecule has 9 heteroatoms. The number of aromatic nitrogens is 2. The molecule has 1 amide bonds. The highest BCUT2D eigenvalue weighted by Crippen LogP contribution is 2.31. The number of nitro groups is 1. The summed E-state index contributed by atoms with van der Waals surface area (Å²) in [6, 6.07) is 8.44. The van der Waals surface area contributed by atoms with Gasteiger partial charge >= 0.3 is 0 Å². The number of piperidine rings is 1. The van der Waals surface area contributed by atoms with E-state index in [-0.39, 0.29) is 17.5 Å². The van der Waals surface area contributed by atoms with Crippen LogP contribution in [0.4, 0.5) is 5.69 Å². The number of aryl methyl sites for hydroxylation is 1. The molecule has 0 saturated carbocycles. The van der Waals surface area contributed by atoms with Crippen LogP contribution in [0.25, 0.3) is 10.8 Å². The first-order valence-corrected chi connectivity index (χ1v) is 9.82. The van der Waals surface area contributed by atoms with Gasteiger partial charge in [-0.05, 0) is 37.3 Å². The van der Waals surface area contributed by atoms with Crippen LogP contribution < -0.4 is 0 Å². The Bertz CT molecular complexity index is 1010. The van der Waals surface area contributed by atoms with Crippen molar-refractivity contribution in [3.8, 4) is 10.8 Å². The minimum absolute atomic E-state index is 0.0423. The Balaban J connectivity index is 1.52. The van der Waals surface area contributed by atoms with Crippen LogP contribution in [0.2, 0.25) is 0 Å². The van der Waals surface area contributed by atoms with Crippen LogP contribution in [0.3, 0.4) is 0 Å². The van der Waals surface area contributed by atoms with E-state index in [1.165, 1.54) is 17.4 Å². The molecule has 2 aromatic heterocycles. The zero-order chi connectivity index (χ0) is 19.7. The van der Waals surface area contributed by atoms with Gasteiger partial charge in [-0.2, -0.15) is 0 Å². The summed E-state index contributed by atoms with van der Waals surface area (Å²) in [6.07, 6.45) is 1.66. The van der Waals surface area contributed by atoms with E-state index in [9.17, 15) is 14.9 Å². The minimum Gasteiger partial charge on any atom is -0.420 e. The van der Waals surface area contributed by atoms with Crippen molar-refractivity contribution in [3.05, 3.63) is 62.8 Å². The van der Waals surface area contributed by atoms with Crippen LogP contribution >= 0.6 is 11.3 Å². The summed E-state index contributed by atoms with van der Waals surface area (Å²) in [7, 11) is 0. The highest BCUT2D eigenvalue weighted by molar-refractivity contribution is 7.13. The van der Waals surface area contributed by atoms with E-state index in [1.54, 1.807) is 24.0 Å². The number of rotatable bonds is 4. The van der Waals surface area contributed by atoms with E-state index in [0.29, 0.717) is 36.0 Å². The third-order valence-corrected chi connectivity index (χ3v) is 5.74. The maximum absolute atomic E-state index is 12.9. The third-order valence-electron chi connectivity index (χ3n) is 4.88. The number of carbonyl (C=O) groups excluding carboxylic acids is 1. The van der Waals surface area contributed by atoms with Crippen molar-refractivity contribution in [2.45, 2.75) is 25.7 Å². The van der Waals surface area contributed by atoms with Crippen LogP contribution in [0, 0.1) is 17.0 Å². The number of hydrogen-bond acceptors (Lipinski definition) is 7. The molecule has 1 saturated heterocycles. The predicted molar refractivity (Wildman–Crippen MR) is 103 cm³/mol. The van der Waals surface area contributed by atoms with Crippen molar-refractivity contribution in [2.75, 3.05) is 13.1 Å². The molecule has 0 N–H and O–H groups in total. The van der Waals surface area contributed by atoms with Gasteiger partial charge < -0.3 is 9.32 Å². The molecule has 3 aromatic rings. The fraction of sp³-hybridized carbons (Fsp3) is 0.316. The van der Waals surface area contributed by atoms with Gasteiger partial charge in [0.05, 0.1) is 15.7 Å². The zero-order valence-corrected chi connectivity index (χ0v) is 16.0. The SMILES string of the molecule is Cc1ccc(C(=O)N2CCCC(c3nnc(-c4cccs4)o3)C2)cc1[N+](=O)[O-]. The second kappa shape index (κ2) is 7.51. The summed E-state index contributed by atoms with van der Waals surface area (Å²) in [5.74, 6) is 0.753. The fourth-order valence-electron chi connectivity index (χ4n) is 3.38. The number of benzene rings is 1. The molecule has 3 heterocycles. The Kier molecular flexibility index (Phi) is 4.91. The quantitative estimate of drug-likeness (QED) is 0.485. The fourth-order valence-corrected chi connectivity index (χ4v) is 4.03. The Morgan fingerprint density at radius 2 is 2.21 bits per heavy atom. The lowest BCUT2D eigenvalue weighted by Crippen LogP contribution is -2.39. The molecular weight excluding hydrogens is 380 g/mol. The first kappa shape index (κ1) is 18.3. The van der Waals surface area contributed by atoms with E-state index in [1.807, 2.05) is 17.5 Å². The average Bonchev–Trinajstić information content (AvgIpc) is 3.39. The molecule has 1 aliphatic rings. The van der Waals surface area contributed by atoms with Crippen LogP contribution in [0.1, 0.15) is 40.6 Å². The van der Waals surface area contributed by atoms with E-state index in [2.05, 4.69) is 10.2 Å². The predicted octanol–water partition coefficient (Wildman–Crippen LogP) is 4.03. The molecule has 8 nitrogen and oxygen atoms in total. The second-order valence-corrected chi connectivity index (χ2v) is 7.72. The molecule has 1 aromatic carbocycles. The molecule has 1 fully saturated rings. The van der Waals surface area contributed by atoms with Crippen LogP contribution in [-0.2, 0) is 0 Å². The van der Waals surface area contributed by atoms with Crippen molar-refractivity contribution in [1.82, 2.24) is 15.1 Å². The number of nitrogens with zero attached hydrogens (tertiary/aromatic N) is 4. The molecule has 0 radical (unpaired) electrons. The monoisotopic (exact) mass is 398 g/mol. The summed E-state index contributed by atoms with van der Waals surface area (Å²) < 4.78 is 5.83. The highest BCUT2D eigenvalue weighted by atomic mass is 32.1. The maximum Gasteiger partial charge on any atom is 0.273 e. The van der Waals surface area contributed by atoms with Gasteiger partial charge in [0.25, 0.3) is 17.5 Å². The summed E-state index contributed by atoms with van der Waals surface area (Å²) in [4.78, 5) is 26.2. The molecule has 1 unspecified atom stereocenters. The van der Waals surface area contributed by atoms with Crippen molar-refractivity contribution in [2.24, 2.45) is 0 Å². The van der Waals surface area contributed by atoms with Crippen LogP contribution in [-0.4, -0.2) is 39.0 Å². The number of thiophene rings is 1. The number of nitro benzene ring substituents is 1. The Labute approximate surface area is 165 Å². The zero-order valence-electron chi connectivity index (χ0n) is 15.2. The van der Waals surface area contributed by atoms with Crippen molar-refractivity contribution in [3.63, 3.8) is 0 Å². The first-order chi connectivity index (χ1) is 13.5. The van der Waals surface area contributed by atoms with Crippen molar-refractivity contribution in [1.29, 1.82) is 0 Å². The van der Waals surface area contributed by atoms with Gasteiger partial charge in [-0.15, -0.1) is 21.5 Å². The molecule has 1 atom stereocenters. The molecule has 0 aliphatic carbocycles. The van der Waals surface area contributed by atoms with Crippen LogP contribution in [0.5, 0.6) is 0 Å². The smallest absolute Gasteiger partial charge is 0.273 e. The van der Waals surface area contributed by atoms with Gasteiger partial charge in [0.15, 0.2) is 0 Å². The van der Waals surface area contributed by atoms with Crippen molar-refractivity contribution < 1.29 is 14.1 Å². The standard InChI is InChI=1S/C19H18N4O4S/c1-12-6-7-13(10-15(12)23(25)26)19(24)22-8-2-4-14(11-22)17-20-21-18(27-17)16-5-3-9-28-16/h3,5-7,9-10,14H,2,4,8,11H2,1H3. The van der Waals surface area contributed by atoms with Gasteiger partial charge in [-0.1, -0.05) is 12.1 Å². The Morgan fingerprint density at radius 3 is 2.96 bits per heavy atom. The van der Waals surface area contributed by atoms with Crippen molar-refractivity contribution >= 4 is 22.9 Å². The van der Waals surface area contributed by atoms with Gasteiger partial charge in [0.2, 0.25) is 5.89 Å². The van der Waals surface area contributed by atoms with Gasteiger partial charge in [-0.25, -0.2) is 0 Å². The number of likely N-dealkylation sites (tertiary alicyclic amines) is 1. The Morgan fingerprint density at radius 1 is 1.36 bits per heavy atom. The summed E-state index contributed by atoms with van der Waals surface area (Å²) in [5.41, 5.74) is 0.810. The van der Waals surface area contributed by atoms with E-state index >= 15 is 0 Å². The highest BCUT2D eigenvalue weighted by Gasteiger charge is 2.30. The Hall–Kier alpha value is -3.07. The summed E-state index contributed by atoms with van der Waals surface area (Å²) in [5, 5.41) is 21.4. The molecule has 1 aliphatic heterocycles. The number of carbonyl (C=O) groups is 1. The lowest BCUT2D eigenvalue weighted by Gasteiger charge is -2.31.